The standard InChI is InChI=1S/C18H18ClF3N2O3S/c1-12(17(25)23-11-13-6-3-4-9-16(13)19)24(28(2,26)27)15-8-5-7-14(10-15)18(20,21)22/h3-10,12H,11H2,1-2H3,(H,23,25). The number of carbonyl (C=O) groups excluding carboxylic acids is 1. The second-order valence-corrected chi connectivity index (χ2v) is 8.36. The molecule has 0 saturated heterocycles. The van der Waals surface area contributed by atoms with E-state index in [0.717, 1.165) is 18.4 Å². The first-order valence-corrected chi connectivity index (χ1v) is 10.3. The Hall–Kier alpha value is -2.26. The molecule has 152 valence electrons. The van der Waals surface area contributed by atoms with Crippen LogP contribution >= 0.6 is 11.6 Å². The zero-order chi connectivity index (χ0) is 21.1. The van der Waals surface area contributed by atoms with Gasteiger partial charge in [-0.05, 0) is 36.8 Å². The Labute approximate surface area is 166 Å². The van der Waals surface area contributed by atoms with E-state index in [4.69, 9.17) is 11.6 Å². The molecule has 0 spiro atoms. The summed E-state index contributed by atoms with van der Waals surface area (Å²) in [6, 6.07) is 9.30. The predicted octanol–water partition coefficient (Wildman–Crippen LogP) is 3.83. The SMILES string of the molecule is CC(C(=O)NCc1ccccc1Cl)N(c1cccc(C(F)(F)F)c1)S(C)(=O)=O. The van der Waals surface area contributed by atoms with Gasteiger partial charge in [-0.2, -0.15) is 13.2 Å². The summed E-state index contributed by atoms with van der Waals surface area (Å²) >= 11 is 6.01. The minimum atomic E-state index is -4.64. The number of sulfonamides is 1. The van der Waals surface area contributed by atoms with Crippen molar-refractivity contribution in [2.45, 2.75) is 25.7 Å². The van der Waals surface area contributed by atoms with Crippen molar-refractivity contribution in [2.75, 3.05) is 10.6 Å². The Morgan fingerprint density at radius 3 is 2.39 bits per heavy atom. The van der Waals surface area contributed by atoms with Crippen molar-refractivity contribution < 1.29 is 26.4 Å². The molecule has 2 aromatic rings. The molecular formula is C18H18ClF3N2O3S. The lowest BCUT2D eigenvalue weighted by Crippen LogP contribution is -2.47. The Morgan fingerprint density at radius 1 is 1.18 bits per heavy atom. The monoisotopic (exact) mass is 434 g/mol. The summed E-state index contributed by atoms with van der Waals surface area (Å²) in [7, 11) is -4.04. The second-order valence-electron chi connectivity index (χ2n) is 6.09. The Morgan fingerprint density at radius 2 is 1.82 bits per heavy atom. The number of alkyl halides is 3. The molecule has 28 heavy (non-hydrogen) atoms. The van der Waals surface area contributed by atoms with Crippen LogP contribution in [0.1, 0.15) is 18.1 Å². The molecule has 0 saturated carbocycles. The normalized spacial score (nSPS) is 13.1. The summed E-state index contributed by atoms with van der Waals surface area (Å²) in [5, 5.41) is 2.98. The summed E-state index contributed by atoms with van der Waals surface area (Å²) in [5.74, 6) is -0.678. The lowest BCUT2D eigenvalue weighted by molar-refractivity contribution is -0.137. The minimum absolute atomic E-state index is 0.0447. The van der Waals surface area contributed by atoms with Gasteiger partial charge in [0, 0.05) is 11.6 Å². The summed E-state index contributed by atoms with van der Waals surface area (Å²) in [4.78, 5) is 12.5. The molecular weight excluding hydrogens is 417 g/mol. The molecule has 1 atom stereocenters. The van der Waals surface area contributed by atoms with E-state index in [0.29, 0.717) is 21.0 Å². The van der Waals surface area contributed by atoms with Crippen LogP contribution in [0.15, 0.2) is 48.5 Å². The van der Waals surface area contributed by atoms with E-state index in [-0.39, 0.29) is 12.2 Å². The topological polar surface area (TPSA) is 66.5 Å². The molecule has 0 aliphatic rings. The summed E-state index contributed by atoms with van der Waals surface area (Å²) in [5.41, 5.74) is -0.644. The molecule has 0 aromatic heterocycles. The van der Waals surface area contributed by atoms with E-state index >= 15 is 0 Å². The van der Waals surface area contributed by atoms with Crippen molar-refractivity contribution in [2.24, 2.45) is 0 Å². The number of rotatable bonds is 6. The van der Waals surface area contributed by atoms with Gasteiger partial charge in [0.25, 0.3) is 0 Å². The molecule has 2 aromatic carbocycles. The van der Waals surface area contributed by atoms with Crippen molar-refractivity contribution >= 4 is 33.2 Å². The Bertz CT molecular complexity index is 965. The zero-order valence-corrected chi connectivity index (χ0v) is 16.6. The number of benzene rings is 2. The van der Waals surface area contributed by atoms with Gasteiger partial charge in [-0.25, -0.2) is 8.42 Å². The largest absolute Gasteiger partial charge is 0.416 e. The van der Waals surface area contributed by atoms with E-state index in [1.807, 2.05) is 0 Å². The van der Waals surface area contributed by atoms with Crippen LogP contribution < -0.4 is 9.62 Å². The average molecular weight is 435 g/mol. The van der Waals surface area contributed by atoms with Crippen molar-refractivity contribution in [1.82, 2.24) is 5.32 Å². The van der Waals surface area contributed by atoms with Crippen LogP contribution in [-0.2, 0) is 27.5 Å². The second kappa shape index (κ2) is 8.40. The van der Waals surface area contributed by atoms with Crippen LogP contribution in [0.5, 0.6) is 0 Å². The third kappa shape index (κ3) is 5.39. The molecule has 0 fully saturated rings. The maximum atomic E-state index is 13.0. The predicted molar refractivity (Wildman–Crippen MR) is 102 cm³/mol. The third-order valence-corrected chi connectivity index (χ3v) is 5.54. The molecule has 0 aliphatic carbocycles. The summed E-state index contributed by atoms with van der Waals surface area (Å²) in [6.45, 7) is 1.34. The van der Waals surface area contributed by atoms with E-state index in [1.54, 1.807) is 24.3 Å². The zero-order valence-electron chi connectivity index (χ0n) is 15.0. The Kier molecular flexibility index (Phi) is 6.61. The first kappa shape index (κ1) is 22.0. The van der Waals surface area contributed by atoms with E-state index in [2.05, 4.69) is 5.32 Å². The van der Waals surface area contributed by atoms with Gasteiger partial charge >= 0.3 is 6.18 Å². The molecule has 0 radical (unpaired) electrons. The van der Waals surface area contributed by atoms with Crippen LogP contribution in [0.2, 0.25) is 5.02 Å². The fourth-order valence-electron chi connectivity index (χ4n) is 2.60. The molecule has 2 rings (SSSR count). The van der Waals surface area contributed by atoms with E-state index < -0.39 is 33.7 Å². The molecule has 0 bridgehead atoms. The van der Waals surface area contributed by atoms with Gasteiger partial charge in [-0.3, -0.25) is 9.10 Å². The molecule has 0 heterocycles. The van der Waals surface area contributed by atoms with E-state index in [9.17, 15) is 26.4 Å². The van der Waals surface area contributed by atoms with E-state index in [1.165, 1.54) is 13.0 Å². The number of hydrogen-bond donors (Lipinski definition) is 1. The third-order valence-electron chi connectivity index (χ3n) is 3.93. The highest BCUT2D eigenvalue weighted by Gasteiger charge is 2.34. The first-order valence-electron chi connectivity index (χ1n) is 8.09. The molecule has 0 aliphatic heterocycles. The number of halogens is 4. The van der Waals surface area contributed by atoms with Crippen molar-refractivity contribution in [3.8, 4) is 0 Å². The molecule has 1 amide bonds. The van der Waals surface area contributed by atoms with Crippen LogP contribution in [-0.4, -0.2) is 26.6 Å². The van der Waals surface area contributed by atoms with Gasteiger partial charge in [0.05, 0.1) is 17.5 Å². The van der Waals surface area contributed by atoms with Gasteiger partial charge in [0.2, 0.25) is 15.9 Å². The maximum absolute atomic E-state index is 13.0. The van der Waals surface area contributed by atoms with Crippen LogP contribution in [0.4, 0.5) is 18.9 Å². The number of hydrogen-bond acceptors (Lipinski definition) is 3. The summed E-state index contributed by atoms with van der Waals surface area (Å²) in [6.07, 6.45) is -3.82. The van der Waals surface area contributed by atoms with Crippen LogP contribution in [0, 0.1) is 0 Å². The average Bonchev–Trinajstić information content (AvgIpc) is 2.59. The molecule has 1 unspecified atom stereocenters. The van der Waals surface area contributed by atoms with Crippen molar-refractivity contribution in [3.63, 3.8) is 0 Å². The van der Waals surface area contributed by atoms with Gasteiger partial charge in [0.15, 0.2) is 0 Å². The highest BCUT2D eigenvalue weighted by Crippen LogP contribution is 2.32. The highest BCUT2D eigenvalue weighted by molar-refractivity contribution is 7.92. The molecule has 1 N–H and O–H groups in total. The van der Waals surface area contributed by atoms with Crippen molar-refractivity contribution in [1.29, 1.82) is 0 Å². The van der Waals surface area contributed by atoms with Gasteiger partial charge in [-0.15, -0.1) is 0 Å². The minimum Gasteiger partial charge on any atom is -0.350 e. The fourth-order valence-corrected chi connectivity index (χ4v) is 3.97. The fraction of sp³-hybridized carbons (Fsp3) is 0.278. The molecule has 5 nitrogen and oxygen atoms in total. The van der Waals surface area contributed by atoms with Crippen molar-refractivity contribution in [3.05, 3.63) is 64.7 Å². The number of carbonyl (C=O) groups is 1. The number of nitrogens with one attached hydrogen (secondary N) is 1. The smallest absolute Gasteiger partial charge is 0.350 e. The lowest BCUT2D eigenvalue weighted by Gasteiger charge is -2.28. The van der Waals surface area contributed by atoms with Gasteiger partial charge in [0.1, 0.15) is 6.04 Å². The Balaban J connectivity index is 2.28. The molecule has 10 heteroatoms. The van der Waals surface area contributed by atoms with Crippen LogP contribution in [0.3, 0.4) is 0 Å². The van der Waals surface area contributed by atoms with Crippen LogP contribution in [0.25, 0.3) is 0 Å². The number of anilines is 1. The number of amides is 1. The quantitative estimate of drug-likeness (QED) is 0.751. The lowest BCUT2D eigenvalue weighted by atomic mass is 10.1. The van der Waals surface area contributed by atoms with Gasteiger partial charge in [-0.1, -0.05) is 35.9 Å². The number of nitrogens with zero attached hydrogens (tertiary/aromatic N) is 1. The maximum Gasteiger partial charge on any atom is 0.416 e. The highest BCUT2D eigenvalue weighted by atomic mass is 35.5. The van der Waals surface area contributed by atoms with Gasteiger partial charge < -0.3 is 5.32 Å². The summed E-state index contributed by atoms with van der Waals surface area (Å²) < 4.78 is 64.0. The first-order chi connectivity index (χ1) is 12.9.